The molecule has 134 valence electrons. The van der Waals surface area contributed by atoms with Gasteiger partial charge in [0, 0.05) is 0 Å². The third-order valence-electron chi connectivity index (χ3n) is 4.91. The number of hydrogen-bond donors (Lipinski definition) is 0. The second-order valence-electron chi connectivity index (χ2n) is 7.07. The molecule has 0 radical (unpaired) electrons. The maximum absolute atomic E-state index is 2.34. The lowest BCUT2D eigenvalue weighted by Crippen LogP contribution is -2.21. The van der Waals surface area contributed by atoms with Crippen molar-refractivity contribution >= 4 is 0 Å². The van der Waals surface area contributed by atoms with E-state index in [1.165, 1.54) is 77.0 Å². The van der Waals surface area contributed by atoms with Crippen molar-refractivity contribution in [1.82, 2.24) is 0 Å². The summed E-state index contributed by atoms with van der Waals surface area (Å²) in [5.41, 5.74) is 0.706. The van der Waals surface area contributed by atoms with Crippen LogP contribution in [0, 0.1) is 5.41 Å². The van der Waals surface area contributed by atoms with Crippen molar-refractivity contribution in [3.8, 4) is 0 Å². The minimum atomic E-state index is 0.706. The van der Waals surface area contributed by atoms with Gasteiger partial charge in [0.1, 0.15) is 0 Å². The van der Waals surface area contributed by atoms with Crippen LogP contribution < -0.4 is 0 Å². The highest BCUT2D eigenvalue weighted by Gasteiger charge is 2.27. The Balaban J connectivity index is 0.000000664. The molecule has 0 saturated heterocycles. The van der Waals surface area contributed by atoms with Crippen LogP contribution in [0.2, 0.25) is 0 Å². The second kappa shape index (κ2) is 16.1. The molecule has 0 fully saturated rings. The van der Waals surface area contributed by atoms with Crippen LogP contribution in [0.3, 0.4) is 0 Å². The van der Waals surface area contributed by atoms with Crippen molar-refractivity contribution in [2.75, 3.05) is 0 Å². The number of hydrogen-bond acceptors (Lipinski definition) is 0. The highest BCUT2D eigenvalue weighted by atomic mass is 14.3. The first-order valence-corrected chi connectivity index (χ1v) is 10.2. The molecule has 0 heteroatoms. The van der Waals surface area contributed by atoms with Crippen molar-refractivity contribution in [2.45, 2.75) is 105 Å². The number of unbranched alkanes of at least 4 members (excludes halogenated alkanes) is 4. The lowest BCUT2D eigenvalue weighted by molar-refractivity contribution is 0.177. The zero-order valence-corrected chi connectivity index (χ0v) is 16.4. The number of benzene rings is 1. The summed E-state index contributed by atoms with van der Waals surface area (Å²) in [6, 6.07) is 12.0. The van der Waals surface area contributed by atoms with Gasteiger partial charge in [-0.25, -0.2) is 0 Å². The lowest BCUT2D eigenvalue weighted by atomic mass is 9.71. The number of rotatable bonds is 12. The van der Waals surface area contributed by atoms with E-state index in [1.807, 2.05) is 36.4 Å². The van der Waals surface area contributed by atoms with Gasteiger partial charge in [-0.15, -0.1) is 0 Å². The molecule has 0 spiro atoms. The Bertz CT molecular complexity index is 250. The first-order chi connectivity index (χ1) is 11.2. The molecule has 0 heterocycles. The summed E-state index contributed by atoms with van der Waals surface area (Å²) in [4.78, 5) is 0. The van der Waals surface area contributed by atoms with Gasteiger partial charge in [-0.3, -0.25) is 0 Å². The molecule has 0 aliphatic carbocycles. The van der Waals surface area contributed by atoms with Crippen molar-refractivity contribution in [3.63, 3.8) is 0 Å². The van der Waals surface area contributed by atoms with Gasteiger partial charge >= 0.3 is 0 Å². The van der Waals surface area contributed by atoms with Gasteiger partial charge in [0.15, 0.2) is 0 Å². The van der Waals surface area contributed by atoms with Crippen molar-refractivity contribution < 1.29 is 0 Å². The van der Waals surface area contributed by atoms with Gasteiger partial charge in [0.2, 0.25) is 0 Å². The summed E-state index contributed by atoms with van der Waals surface area (Å²) in [5.74, 6) is 0. The predicted octanol–water partition coefficient (Wildman–Crippen LogP) is 8.42. The molecule has 0 N–H and O–H groups in total. The van der Waals surface area contributed by atoms with Crippen molar-refractivity contribution in [3.05, 3.63) is 36.4 Å². The monoisotopic (exact) mass is 318 g/mol. The van der Waals surface area contributed by atoms with Crippen LogP contribution in [0.5, 0.6) is 0 Å². The van der Waals surface area contributed by atoms with Crippen LogP contribution in [0.4, 0.5) is 0 Å². The van der Waals surface area contributed by atoms with Gasteiger partial charge in [0.25, 0.3) is 0 Å². The van der Waals surface area contributed by atoms with Crippen LogP contribution in [0.1, 0.15) is 105 Å². The normalized spacial score (nSPS) is 11.0. The van der Waals surface area contributed by atoms with E-state index in [0.29, 0.717) is 5.41 Å². The quantitative estimate of drug-likeness (QED) is 0.363. The smallest absolute Gasteiger partial charge is 0.0297 e. The Morgan fingerprint density at radius 1 is 0.435 bits per heavy atom. The first kappa shape index (κ1) is 22.2. The largest absolute Gasteiger partial charge is 0.0654 e. The zero-order chi connectivity index (χ0) is 17.2. The molecule has 1 aromatic rings. The predicted molar refractivity (Wildman–Crippen MR) is 107 cm³/mol. The van der Waals surface area contributed by atoms with Crippen LogP contribution in [-0.4, -0.2) is 0 Å². The fourth-order valence-corrected chi connectivity index (χ4v) is 3.34. The fraction of sp³-hybridized carbons (Fsp3) is 0.739. The Morgan fingerprint density at radius 3 is 0.826 bits per heavy atom. The molecule has 0 aliphatic rings. The van der Waals surface area contributed by atoms with Crippen LogP contribution >= 0.6 is 0 Å². The van der Waals surface area contributed by atoms with Gasteiger partial charge in [-0.2, -0.15) is 0 Å². The van der Waals surface area contributed by atoms with Crippen molar-refractivity contribution in [1.29, 1.82) is 0 Å². The molecule has 0 amide bonds. The topological polar surface area (TPSA) is 0 Å². The molecule has 0 saturated carbocycles. The van der Waals surface area contributed by atoms with Crippen LogP contribution in [0.15, 0.2) is 36.4 Å². The lowest BCUT2D eigenvalue weighted by Gasteiger charge is -2.34. The standard InChI is InChI=1S/C17H36.C6H6/c1-5-9-13-17(14-10-6-2,15-11-7-3)16-12-8-4;1-2-4-6-5-3-1/h5-16H2,1-4H3;1-6H. The molecule has 1 rings (SSSR count). The molecule has 0 atom stereocenters. The highest BCUT2D eigenvalue weighted by molar-refractivity contribution is 4.99. The van der Waals surface area contributed by atoms with E-state index < -0.39 is 0 Å². The fourth-order valence-electron chi connectivity index (χ4n) is 3.34. The molecule has 0 bridgehead atoms. The third-order valence-corrected chi connectivity index (χ3v) is 4.91. The minimum absolute atomic E-state index is 0.706. The van der Waals surface area contributed by atoms with E-state index >= 15 is 0 Å². The van der Waals surface area contributed by atoms with Gasteiger partial charge in [-0.1, -0.05) is 115 Å². The van der Waals surface area contributed by atoms with E-state index in [-0.39, 0.29) is 0 Å². The van der Waals surface area contributed by atoms with E-state index in [1.54, 1.807) is 0 Å². The molecule has 23 heavy (non-hydrogen) atoms. The maximum atomic E-state index is 2.34. The second-order valence-corrected chi connectivity index (χ2v) is 7.07. The summed E-state index contributed by atoms with van der Waals surface area (Å²) in [6.07, 6.45) is 17.2. The average molecular weight is 319 g/mol. The SMILES string of the molecule is CCCCC(CCCC)(CCCC)CCCC.c1ccccc1. The van der Waals surface area contributed by atoms with Crippen LogP contribution in [0.25, 0.3) is 0 Å². The Kier molecular flexibility index (Phi) is 15.5. The molecular formula is C23H42. The summed E-state index contributed by atoms with van der Waals surface area (Å²) in [6.45, 7) is 9.35. The van der Waals surface area contributed by atoms with Crippen LogP contribution in [-0.2, 0) is 0 Å². The molecule has 0 aliphatic heterocycles. The molecule has 0 nitrogen and oxygen atoms in total. The zero-order valence-electron chi connectivity index (χ0n) is 16.4. The molecule has 0 unspecified atom stereocenters. The van der Waals surface area contributed by atoms with Crippen molar-refractivity contribution in [2.24, 2.45) is 5.41 Å². The van der Waals surface area contributed by atoms with Gasteiger partial charge in [0.05, 0.1) is 0 Å². The Morgan fingerprint density at radius 2 is 0.652 bits per heavy atom. The molecule has 1 aromatic carbocycles. The molecule has 0 aromatic heterocycles. The average Bonchev–Trinajstić information content (AvgIpc) is 2.62. The Labute approximate surface area is 147 Å². The summed E-state index contributed by atoms with van der Waals surface area (Å²) in [5, 5.41) is 0. The van der Waals surface area contributed by atoms with Gasteiger partial charge < -0.3 is 0 Å². The molecular weight excluding hydrogens is 276 g/mol. The summed E-state index contributed by atoms with van der Waals surface area (Å²) < 4.78 is 0. The van der Waals surface area contributed by atoms with E-state index in [9.17, 15) is 0 Å². The van der Waals surface area contributed by atoms with Gasteiger partial charge in [-0.05, 0) is 31.1 Å². The minimum Gasteiger partial charge on any atom is -0.0654 e. The summed E-state index contributed by atoms with van der Waals surface area (Å²) >= 11 is 0. The Hall–Kier alpha value is -0.780. The van der Waals surface area contributed by atoms with E-state index in [4.69, 9.17) is 0 Å². The maximum Gasteiger partial charge on any atom is -0.0297 e. The summed E-state index contributed by atoms with van der Waals surface area (Å²) in [7, 11) is 0. The van der Waals surface area contributed by atoms with E-state index in [0.717, 1.165) is 0 Å². The third kappa shape index (κ3) is 12.3. The first-order valence-electron chi connectivity index (χ1n) is 10.2. The highest BCUT2D eigenvalue weighted by Crippen LogP contribution is 2.41. The van der Waals surface area contributed by atoms with E-state index in [2.05, 4.69) is 27.7 Å².